The Morgan fingerprint density at radius 2 is 1.69 bits per heavy atom. The topological polar surface area (TPSA) is 32.3 Å². The summed E-state index contributed by atoms with van der Waals surface area (Å²) in [4.78, 5) is 0. The fourth-order valence-electron chi connectivity index (χ4n) is 1.03. The van der Waals surface area contributed by atoms with Crippen LogP contribution in [0.25, 0.3) is 0 Å². The lowest BCUT2D eigenvalue weighted by Crippen LogP contribution is -2.27. The van der Waals surface area contributed by atoms with Crippen molar-refractivity contribution >= 4 is 5.69 Å². The summed E-state index contributed by atoms with van der Waals surface area (Å²) in [5.74, 6) is 0. The highest BCUT2D eigenvalue weighted by atomic mass is 16.3. The number of benzene rings is 1. The zero-order valence-corrected chi connectivity index (χ0v) is 8.41. The Labute approximate surface area is 79.6 Å². The minimum absolute atomic E-state index is 0.0858. The van der Waals surface area contributed by atoms with Gasteiger partial charge >= 0.3 is 0 Å². The maximum atomic E-state index is 9.27. The zero-order valence-electron chi connectivity index (χ0n) is 8.41. The van der Waals surface area contributed by atoms with Crippen LogP contribution in [0.2, 0.25) is 0 Å². The number of aliphatic hydroxyl groups excluding tert-OH is 1. The van der Waals surface area contributed by atoms with E-state index in [1.807, 2.05) is 19.1 Å². The van der Waals surface area contributed by atoms with E-state index in [1.54, 1.807) is 6.92 Å². The lowest BCUT2D eigenvalue weighted by Gasteiger charge is -2.17. The highest BCUT2D eigenvalue weighted by Crippen LogP contribution is 2.10. The van der Waals surface area contributed by atoms with Gasteiger partial charge in [-0.1, -0.05) is 17.7 Å². The van der Waals surface area contributed by atoms with Gasteiger partial charge in [-0.2, -0.15) is 0 Å². The van der Waals surface area contributed by atoms with Crippen LogP contribution < -0.4 is 5.32 Å². The number of aryl methyl sites for hydroxylation is 1. The largest absolute Gasteiger partial charge is 0.391 e. The maximum Gasteiger partial charge on any atom is 0.0710 e. The van der Waals surface area contributed by atoms with E-state index in [0.29, 0.717) is 0 Å². The highest BCUT2D eigenvalue weighted by Gasteiger charge is 2.07. The normalized spacial score (nSPS) is 15.1. The summed E-state index contributed by atoms with van der Waals surface area (Å²) in [6, 6.07) is 8.24. The van der Waals surface area contributed by atoms with Crippen molar-refractivity contribution in [1.29, 1.82) is 0 Å². The number of rotatable bonds is 3. The smallest absolute Gasteiger partial charge is 0.0710 e. The van der Waals surface area contributed by atoms with Crippen molar-refractivity contribution in [2.24, 2.45) is 0 Å². The van der Waals surface area contributed by atoms with Crippen molar-refractivity contribution in [1.82, 2.24) is 0 Å². The molecule has 0 heterocycles. The standard InChI is InChI=1S/C11H17NO/c1-8-4-6-11(7-5-8)12-9(2)10(3)13/h4-7,9-10,12-13H,1-3H3/t9-,10+/m0/s1. The minimum Gasteiger partial charge on any atom is -0.391 e. The van der Waals surface area contributed by atoms with Gasteiger partial charge in [0.2, 0.25) is 0 Å². The lowest BCUT2D eigenvalue weighted by molar-refractivity contribution is 0.178. The molecule has 0 aromatic heterocycles. The van der Waals surface area contributed by atoms with Gasteiger partial charge in [0.25, 0.3) is 0 Å². The van der Waals surface area contributed by atoms with Gasteiger partial charge in [0.1, 0.15) is 0 Å². The van der Waals surface area contributed by atoms with Crippen LogP contribution in [0.1, 0.15) is 19.4 Å². The fourth-order valence-corrected chi connectivity index (χ4v) is 1.03. The van der Waals surface area contributed by atoms with Crippen LogP contribution in [-0.4, -0.2) is 17.3 Å². The molecular formula is C11H17NO. The fraction of sp³-hybridized carbons (Fsp3) is 0.455. The summed E-state index contributed by atoms with van der Waals surface area (Å²) < 4.78 is 0. The molecule has 0 amide bonds. The van der Waals surface area contributed by atoms with E-state index in [1.165, 1.54) is 5.56 Å². The molecule has 13 heavy (non-hydrogen) atoms. The SMILES string of the molecule is Cc1ccc(N[C@@H](C)[C@@H](C)O)cc1. The predicted octanol–water partition coefficient (Wildman–Crippen LogP) is 2.18. The van der Waals surface area contributed by atoms with Crippen LogP contribution in [0, 0.1) is 6.92 Å². The predicted molar refractivity (Wildman–Crippen MR) is 55.9 cm³/mol. The van der Waals surface area contributed by atoms with Gasteiger partial charge in [-0.05, 0) is 32.9 Å². The Kier molecular flexibility index (Phi) is 3.32. The molecule has 0 aliphatic carbocycles. The van der Waals surface area contributed by atoms with Crippen molar-refractivity contribution in [3.63, 3.8) is 0 Å². The molecule has 2 nitrogen and oxygen atoms in total. The van der Waals surface area contributed by atoms with Crippen LogP contribution in [0.5, 0.6) is 0 Å². The first kappa shape index (κ1) is 10.1. The molecule has 1 rings (SSSR count). The second-order valence-electron chi connectivity index (χ2n) is 3.54. The second-order valence-corrected chi connectivity index (χ2v) is 3.54. The van der Waals surface area contributed by atoms with Crippen LogP contribution in [0.3, 0.4) is 0 Å². The van der Waals surface area contributed by atoms with Crippen LogP contribution in [-0.2, 0) is 0 Å². The highest BCUT2D eigenvalue weighted by molar-refractivity contribution is 5.45. The molecule has 2 heteroatoms. The lowest BCUT2D eigenvalue weighted by atomic mass is 10.2. The Hall–Kier alpha value is -1.02. The summed E-state index contributed by atoms with van der Waals surface area (Å²) in [6.07, 6.45) is -0.332. The molecule has 0 spiro atoms. The van der Waals surface area contributed by atoms with Crippen molar-refractivity contribution in [2.45, 2.75) is 32.9 Å². The molecule has 2 atom stereocenters. The van der Waals surface area contributed by atoms with E-state index in [2.05, 4.69) is 24.4 Å². The molecule has 0 aliphatic heterocycles. The molecule has 1 aromatic carbocycles. The summed E-state index contributed by atoms with van der Waals surface area (Å²) in [6.45, 7) is 5.80. The molecule has 2 N–H and O–H groups in total. The molecule has 0 aliphatic rings. The molecule has 1 aromatic rings. The molecule has 0 unspecified atom stereocenters. The minimum atomic E-state index is -0.332. The van der Waals surface area contributed by atoms with Crippen LogP contribution in [0.15, 0.2) is 24.3 Å². The van der Waals surface area contributed by atoms with Gasteiger partial charge < -0.3 is 10.4 Å². The molecule has 0 saturated heterocycles. The van der Waals surface area contributed by atoms with Crippen molar-refractivity contribution in [3.8, 4) is 0 Å². The summed E-state index contributed by atoms with van der Waals surface area (Å²) in [5.41, 5.74) is 2.30. The van der Waals surface area contributed by atoms with Crippen molar-refractivity contribution in [2.75, 3.05) is 5.32 Å². The van der Waals surface area contributed by atoms with E-state index in [-0.39, 0.29) is 12.1 Å². The average Bonchev–Trinajstić information content (AvgIpc) is 2.08. The number of hydrogen-bond donors (Lipinski definition) is 2. The molecular weight excluding hydrogens is 162 g/mol. The number of nitrogens with one attached hydrogen (secondary N) is 1. The third kappa shape index (κ3) is 3.07. The average molecular weight is 179 g/mol. The third-order valence-electron chi connectivity index (χ3n) is 2.17. The van der Waals surface area contributed by atoms with Gasteiger partial charge in [-0.15, -0.1) is 0 Å². The quantitative estimate of drug-likeness (QED) is 0.745. The second kappa shape index (κ2) is 4.28. The Morgan fingerprint density at radius 3 is 2.15 bits per heavy atom. The number of aliphatic hydroxyl groups is 1. The Morgan fingerprint density at radius 1 is 1.15 bits per heavy atom. The molecule has 0 bridgehead atoms. The van der Waals surface area contributed by atoms with Gasteiger partial charge in [0.15, 0.2) is 0 Å². The van der Waals surface area contributed by atoms with E-state index >= 15 is 0 Å². The monoisotopic (exact) mass is 179 g/mol. The van der Waals surface area contributed by atoms with Gasteiger partial charge in [0, 0.05) is 11.7 Å². The molecule has 0 fully saturated rings. The van der Waals surface area contributed by atoms with E-state index in [9.17, 15) is 5.11 Å². The Bertz CT molecular complexity index is 253. The van der Waals surface area contributed by atoms with Gasteiger partial charge in [-0.3, -0.25) is 0 Å². The van der Waals surface area contributed by atoms with Crippen LogP contribution in [0.4, 0.5) is 5.69 Å². The molecule has 0 saturated carbocycles. The maximum absolute atomic E-state index is 9.27. The number of hydrogen-bond acceptors (Lipinski definition) is 2. The van der Waals surface area contributed by atoms with Crippen molar-refractivity contribution < 1.29 is 5.11 Å². The van der Waals surface area contributed by atoms with E-state index < -0.39 is 0 Å². The number of anilines is 1. The van der Waals surface area contributed by atoms with Crippen molar-refractivity contribution in [3.05, 3.63) is 29.8 Å². The Balaban J connectivity index is 2.59. The third-order valence-corrected chi connectivity index (χ3v) is 2.17. The summed E-state index contributed by atoms with van der Waals surface area (Å²) in [5, 5.41) is 12.5. The van der Waals surface area contributed by atoms with Crippen LogP contribution >= 0.6 is 0 Å². The van der Waals surface area contributed by atoms with E-state index in [4.69, 9.17) is 0 Å². The molecule has 0 radical (unpaired) electrons. The first-order valence-corrected chi connectivity index (χ1v) is 4.61. The van der Waals surface area contributed by atoms with E-state index in [0.717, 1.165) is 5.69 Å². The zero-order chi connectivity index (χ0) is 9.84. The van der Waals surface area contributed by atoms with Gasteiger partial charge in [0.05, 0.1) is 6.10 Å². The van der Waals surface area contributed by atoms with Gasteiger partial charge in [-0.25, -0.2) is 0 Å². The molecule has 72 valence electrons. The first-order valence-electron chi connectivity index (χ1n) is 4.61. The summed E-state index contributed by atoms with van der Waals surface area (Å²) in [7, 11) is 0. The first-order chi connectivity index (χ1) is 6.09. The summed E-state index contributed by atoms with van der Waals surface area (Å²) >= 11 is 0.